The highest BCUT2D eigenvalue weighted by Crippen LogP contribution is 2.40. The Morgan fingerprint density at radius 2 is 2.00 bits per heavy atom. The SMILES string of the molecule is CC(C)[C@@H](CO)Nc1nc(Nc2cccc(Cl)c2Cl)cc(C2CC2)n1. The molecule has 2 aromatic rings. The third-order valence-corrected chi connectivity index (χ3v) is 5.09. The molecule has 1 saturated carbocycles. The molecular formula is C18H22Cl2N4O. The molecule has 3 N–H and O–H groups in total. The van der Waals surface area contributed by atoms with Crippen molar-refractivity contribution in [2.24, 2.45) is 5.92 Å². The van der Waals surface area contributed by atoms with E-state index in [2.05, 4.69) is 20.6 Å². The second kappa shape index (κ2) is 7.77. The highest BCUT2D eigenvalue weighted by molar-refractivity contribution is 6.43. The van der Waals surface area contributed by atoms with Crippen molar-refractivity contribution in [1.82, 2.24) is 9.97 Å². The number of nitrogens with zero attached hydrogens (tertiary/aromatic N) is 2. The van der Waals surface area contributed by atoms with E-state index in [0.29, 0.717) is 33.4 Å². The third kappa shape index (κ3) is 4.54. The Kier molecular flexibility index (Phi) is 5.67. The van der Waals surface area contributed by atoms with Crippen LogP contribution in [0.2, 0.25) is 10.0 Å². The van der Waals surface area contributed by atoms with Gasteiger partial charge in [-0.1, -0.05) is 43.1 Å². The van der Waals surface area contributed by atoms with Gasteiger partial charge in [0.25, 0.3) is 0 Å². The maximum Gasteiger partial charge on any atom is 0.225 e. The second-order valence-corrected chi connectivity index (χ2v) is 7.46. The van der Waals surface area contributed by atoms with Crippen LogP contribution in [0.5, 0.6) is 0 Å². The Hall–Kier alpha value is -1.56. The Labute approximate surface area is 157 Å². The summed E-state index contributed by atoms with van der Waals surface area (Å²) in [6, 6.07) is 7.27. The van der Waals surface area contributed by atoms with E-state index in [-0.39, 0.29) is 18.6 Å². The average Bonchev–Trinajstić information content (AvgIpc) is 3.41. The van der Waals surface area contributed by atoms with Crippen molar-refractivity contribution in [2.75, 3.05) is 17.2 Å². The van der Waals surface area contributed by atoms with Gasteiger partial charge in [-0.25, -0.2) is 4.98 Å². The van der Waals surface area contributed by atoms with Crippen LogP contribution < -0.4 is 10.6 Å². The van der Waals surface area contributed by atoms with E-state index >= 15 is 0 Å². The summed E-state index contributed by atoms with van der Waals surface area (Å²) in [5, 5.41) is 17.0. The largest absolute Gasteiger partial charge is 0.394 e. The average molecular weight is 381 g/mol. The van der Waals surface area contributed by atoms with Crippen molar-refractivity contribution in [2.45, 2.75) is 38.6 Å². The molecular weight excluding hydrogens is 359 g/mol. The molecule has 0 amide bonds. The van der Waals surface area contributed by atoms with E-state index in [9.17, 15) is 5.11 Å². The first-order chi connectivity index (χ1) is 12.0. The Morgan fingerprint density at radius 1 is 1.24 bits per heavy atom. The number of benzene rings is 1. The molecule has 0 aliphatic heterocycles. The van der Waals surface area contributed by atoms with Crippen molar-refractivity contribution >= 4 is 40.7 Å². The molecule has 0 bridgehead atoms. The monoisotopic (exact) mass is 380 g/mol. The molecule has 134 valence electrons. The molecule has 1 fully saturated rings. The normalized spacial score (nSPS) is 15.3. The highest BCUT2D eigenvalue weighted by atomic mass is 35.5. The summed E-state index contributed by atoms with van der Waals surface area (Å²) >= 11 is 12.3. The summed E-state index contributed by atoms with van der Waals surface area (Å²) in [6.07, 6.45) is 2.28. The molecule has 0 spiro atoms. The topological polar surface area (TPSA) is 70.1 Å². The van der Waals surface area contributed by atoms with Gasteiger partial charge in [-0.15, -0.1) is 0 Å². The van der Waals surface area contributed by atoms with Gasteiger partial charge in [0.15, 0.2) is 0 Å². The number of hydrogen-bond acceptors (Lipinski definition) is 5. The molecule has 1 aromatic carbocycles. The Bertz CT molecular complexity index is 750. The number of aromatic nitrogens is 2. The second-order valence-electron chi connectivity index (χ2n) is 6.68. The number of nitrogens with one attached hydrogen (secondary N) is 2. The molecule has 1 aliphatic rings. The zero-order valence-electron chi connectivity index (χ0n) is 14.3. The van der Waals surface area contributed by atoms with Crippen molar-refractivity contribution in [3.8, 4) is 0 Å². The molecule has 1 aromatic heterocycles. The van der Waals surface area contributed by atoms with E-state index in [1.165, 1.54) is 0 Å². The highest BCUT2D eigenvalue weighted by Gasteiger charge is 2.27. The summed E-state index contributed by atoms with van der Waals surface area (Å²) in [4.78, 5) is 9.15. The van der Waals surface area contributed by atoms with Crippen LogP contribution in [0.3, 0.4) is 0 Å². The van der Waals surface area contributed by atoms with E-state index < -0.39 is 0 Å². The van der Waals surface area contributed by atoms with Crippen LogP contribution in [0.1, 0.15) is 38.3 Å². The maximum absolute atomic E-state index is 9.55. The molecule has 1 atom stereocenters. The number of hydrogen-bond donors (Lipinski definition) is 3. The van der Waals surface area contributed by atoms with Gasteiger partial charge in [-0.2, -0.15) is 4.98 Å². The molecule has 0 unspecified atom stereocenters. The number of anilines is 3. The van der Waals surface area contributed by atoms with Crippen LogP contribution in [0, 0.1) is 5.92 Å². The Morgan fingerprint density at radius 3 is 2.64 bits per heavy atom. The molecule has 0 radical (unpaired) electrons. The molecule has 25 heavy (non-hydrogen) atoms. The predicted molar refractivity (Wildman–Crippen MR) is 103 cm³/mol. The number of rotatable bonds is 7. The van der Waals surface area contributed by atoms with Crippen LogP contribution in [0.25, 0.3) is 0 Å². The van der Waals surface area contributed by atoms with Gasteiger partial charge in [-0.05, 0) is 30.9 Å². The molecule has 0 saturated heterocycles. The van der Waals surface area contributed by atoms with Gasteiger partial charge in [-0.3, -0.25) is 0 Å². The fourth-order valence-corrected chi connectivity index (χ4v) is 2.86. The van der Waals surface area contributed by atoms with Crippen LogP contribution in [-0.2, 0) is 0 Å². The lowest BCUT2D eigenvalue weighted by Gasteiger charge is -2.20. The fourth-order valence-electron chi connectivity index (χ4n) is 2.51. The van der Waals surface area contributed by atoms with E-state index in [4.69, 9.17) is 23.2 Å². The van der Waals surface area contributed by atoms with Gasteiger partial charge < -0.3 is 15.7 Å². The number of aliphatic hydroxyl groups excluding tert-OH is 1. The quantitative estimate of drug-likeness (QED) is 0.641. The van der Waals surface area contributed by atoms with Gasteiger partial charge in [0, 0.05) is 12.0 Å². The Balaban J connectivity index is 1.89. The molecule has 1 aliphatic carbocycles. The lowest BCUT2D eigenvalue weighted by molar-refractivity contribution is 0.248. The van der Waals surface area contributed by atoms with Gasteiger partial charge in [0.2, 0.25) is 5.95 Å². The summed E-state index contributed by atoms with van der Waals surface area (Å²) in [6.45, 7) is 4.12. The van der Waals surface area contributed by atoms with Gasteiger partial charge in [0.1, 0.15) is 5.82 Å². The van der Waals surface area contributed by atoms with E-state index in [0.717, 1.165) is 18.5 Å². The lowest BCUT2D eigenvalue weighted by Crippen LogP contribution is -2.30. The summed E-state index contributed by atoms with van der Waals surface area (Å²) in [7, 11) is 0. The minimum atomic E-state index is -0.0999. The first kappa shape index (κ1) is 18.2. The van der Waals surface area contributed by atoms with Crippen molar-refractivity contribution < 1.29 is 5.11 Å². The van der Waals surface area contributed by atoms with Gasteiger partial charge >= 0.3 is 0 Å². The lowest BCUT2D eigenvalue weighted by atomic mass is 10.1. The minimum Gasteiger partial charge on any atom is -0.394 e. The number of aliphatic hydroxyl groups is 1. The minimum absolute atomic E-state index is 0.0254. The molecule has 1 heterocycles. The number of halogens is 2. The van der Waals surface area contributed by atoms with Crippen LogP contribution >= 0.6 is 23.2 Å². The molecule has 3 rings (SSSR count). The summed E-state index contributed by atoms with van der Waals surface area (Å²) in [5.41, 5.74) is 1.70. The maximum atomic E-state index is 9.55. The summed E-state index contributed by atoms with van der Waals surface area (Å²) in [5.74, 6) is 1.91. The van der Waals surface area contributed by atoms with Crippen molar-refractivity contribution in [1.29, 1.82) is 0 Å². The van der Waals surface area contributed by atoms with E-state index in [1.807, 2.05) is 32.0 Å². The van der Waals surface area contributed by atoms with Crippen LogP contribution in [0.4, 0.5) is 17.5 Å². The van der Waals surface area contributed by atoms with Gasteiger partial charge in [0.05, 0.1) is 34.1 Å². The molecule has 7 heteroatoms. The zero-order valence-corrected chi connectivity index (χ0v) is 15.8. The predicted octanol–water partition coefficient (Wildman–Crippen LogP) is 4.83. The van der Waals surface area contributed by atoms with E-state index in [1.54, 1.807) is 6.07 Å². The van der Waals surface area contributed by atoms with Crippen molar-refractivity contribution in [3.63, 3.8) is 0 Å². The van der Waals surface area contributed by atoms with Crippen LogP contribution in [-0.4, -0.2) is 27.7 Å². The fraction of sp³-hybridized carbons (Fsp3) is 0.444. The first-order valence-electron chi connectivity index (χ1n) is 8.45. The standard InChI is InChI=1S/C18H22Cl2N4O/c1-10(2)15(9-25)23-18-22-14(11-6-7-11)8-16(24-18)21-13-5-3-4-12(19)17(13)20/h3-5,8,10-11,15,25H,6-7,9H2,1-2H3,(H2,21,22,23,24)/t15-/m1/s1. The zero-order chi connectivity index (χ0) is 18.0. The summed E-state index contributed by atoms with van der Waals surface area (Å²) < 4.78 is 0. The first-order valence-corrected chi connectivity index (χ1v) is 9.21. The molecule has 5 nitrogen and oxygen atoms in total. The van der Waals surface area contributed by atoms with Crippen LogP contribution in [0.15, 0.2) is 24.3 Å². The smallest absolute Gasteiger partial charge is 0.225 e. The van der Waals surface area contributed by atoms with Crippen molar-refractivity contribution in [3.05, 3.63) is 40.0 Å². The third-order valence-electron chi connectivity index (χ3n) is 4.27.